The third-order valence-corrected chi connectivity index (χ3v) is 3.59. The van der Waals surface area contributed by atoms with Gasteiger partial charge in [-0.1, -0.05) is 6.92 Å². The molecule has 0 aliphatic carbocycles. The van der Waals surface area contributed by atoms with E-state index in [4.69, 9.17) is 10.2 Å². The number of piperazine rings is 1. The molecule has 7 heteroatoms. The smallest absolute Gasteiger partial charge is 0.328 e. The zero-order valence-electron chi connectivity index (χ0n) is 11.5. The van der Waals surface area contributed by atoms with Crippen LogP contribution in [0.2, 0.25) is 0 Å². The zero-order valence-corrected chi connectivity index (χ0v) is 11.5. The number of hydrogen-bond acceptors (Lipinski definition) is 4. The Kier molecular flexibility index (Phi) is 6.04. The van der Waals surface area contributed by atoms with Crippen LogP contribution in [0.3, 0.4) is 0 Å². The molecule has 1 aliphatic heterocycles. The summed E-state index contributed by atoms with van der Waals surface area (Å²) in [5.74, 6) is -1.23. The van der Waals surface area contributed by atoms with Gasteiger partial charge in [-0.3, -0.25) is 4.90 Å². The number of carbonyl (C=O) groups is 2. The molecule has 1 rings (SSSR count). The predicted molar refractivity (Wildman–Crippen MR) is 69.9 cm³/mol. The van der Waals surface area contributed by atoms with Crippen LogP contribution in [-0.2, 0) is 4.79 Å². The number of nitrogens with zero attached hydrogens (tertiary/aromatic N) is 2. The van der Waals surface area contributed by atoms with Crippen LogP contribution < -0.4 is 5.32 Å². The number of rotatable bonds is 5. The second-order valence-corrected chi connectivity index (χ2v) is 4.80. The van der Waals surface area contributed by atoms with Crippen molar-refractivity contribution in [3.63, 3.8) is 0 Å². The minimum absolute atomic E-state index is 0.426. The first kappa shape index (κ1) is 15.7. The Hall–Kier alpha value is -1.34. The second-order valence-electron chi connectivity index (χ2n) is 4.80. The van der Waals surface area contributed by atoms with E-state index in [0.29, 0.717) is 19.1 Å². The number of carbonyl (C=O) groups excluding carboxylic acids is 1. The van der Waals surface area contributed by atoms with Gasteiger partial charge in [0.1, 0.15) is 0 Å². The van der Waals surface area contributed by atoms with Crippen LogP contribution in [0.15, 0.2) is 0 Å². The van der Waals surface area contributed by atoms with Crippen LogP contribution in [0.4, 0.5) is 4.79 Å². The van der Waals surface area contributed by atoms with Crippen LogP contribution in [0.5, 0.6) is 0 Å². The molecule has 1 heterocycles. The molecule has 2 amide bonds. The number of aliphatic hydroxyl groups is 1. The maximum Gasteiger partial charge on any atom is 0.328 e. The second kappa shape index (κ2) is 7.30. The van der Waals surface area contributed by atoms with Crippen LogP contribution in [0.25, 0.3) is 0 Å². The SMILES string of the molecule is CCC(C)N1CCN(C(=O)NC(CO)C(=O)O)CC1. The molecule has 1 saturated heterocycles. The first-order chi connectivity index (χ1) is 8.99. The third-order valence-electron chi connectivity index (χ3n) is 3.59. The molecule has 110 valence electrons. The monoisotopic (exact) mass is 273 g/mol. The molecule has 3 N–H and O–H groups in total. The van der Waals surface area contributed by atoms with Crippen molar-refractivity contribution in [3.05, 3.63) is 0 Å². The molecule has 1 fully saturated rings. The number of hydrogen-bond donors (Lipinski definition) is 3. The van der Waals surface area contributed by atoms with Gasteiger partial charge in [-0.2, -0.15) is 0 Å². The summed E-state index contributed by atoms with van der Waals surface area (Å²) in [4.78, 5) is 26.5. The van der Waals surface area contributed by atoms with Crippen molar-refractivity contribution in [3.8, 4) is 0 Å². The molecule has 0 radical (unpaired) electrons. The molecular formula is C12H23N3O4. The fraction of sp³-hybridized carbons (Fsp3) is 0.833. The number of amides is 2. The molecule has 7 nitrogen and oxygen atoms in total. The Labute approximate surface area is 113 Å². The van der Waals surface area contributed by atoms with E-state index in [1.54, 1.807) is 4.90 Å². The molecule has 0 aromatic heterocycles. The first-order valence-electron chi connectivity index (χ1n) is 6.62. The van der Waals surface area contributed by atoms with Crippen LogP contribution in [0.1, 0.15) is 20.3 Å². The average Bonchev–Trinajstić information content (AvgIpc) is 2.43. The minimum atomic E-state index is -1.24. The molecule has 1 aliphatic rings. The van der Waals surface area contributed by atoms with E-state index in [0.717, 1.165) is 19.5 Å². The van der Waals surface area contributed by atoms with Gasteiger partial charge in [0.2, 0.25) is 0 Å². The Morgan fingerprint density at radius 1 is 1.26 bits per heavy atom. The normalized spacial score (nSPS) is 19.8. The number of aliphatic hydroxyl groups excluding tert-OH is 1. The Bertz CT molecular complexity index is 316. The fourth-order valence-electron chi connectivity index (χ4n) is 2.05. The number of carboxylic acid groups (broad SMARTS) is 1. The highest BCUT2D eigenvalue weighted by atomic mass is 16.4. The summed E-state index contributed by atoms with van der Waals surface area (Å²) < 4.78 is 0. The number of nitrogens with one attached hydrogen (secondary N) is 1. The van der Waals surface area contributed by atoms with Crippen molar-refractivity contribution in [2.75, 3.05) is 32.8 Å². The third kappa shape index (κ3) is 4.36. The highest BCUT2D eigenvalue weighted by molar-refractivity contribution is 5.82. The van der Waals surface area contributed by atoms with E-state index in [1.165, 1.54) is 0 Å². The molecule has 19 heavy (non-hydrogen) atoms. The van der Waals surface area contributed by atoms with Crippen molar-refractivity contribution in [1.29, 1.82) is 0 Å². The van der Waals surface area contributed by atoms with Crippen molar-refractivity contribution in [2.45, 2.75) is 32.4 Å². The molecule has 0 aromatic rings. The lowest BCUT2D eigenvalue weighted by atomic mass is 10.2. The summed E-state index contributed by atoms with van der Waals surface area (Å²) >= 11 is 0. The molecular weight excluding hydrogens is 250 g/mol. The topological polar surface area (TPSA) is 93.1 Å². The Morgan fingerprint density at radius 2 is 1.84 bits per heavy atom. The van der Waals surface area contributed by atoms with Gasteiger partial charge in [-0.05, 0) is 13.3 Å². The lowest BCUT2D eigenvalue weighted by Crippen LogP contribution is -2.56. The van der Waals surface area contributed by atoms with Gasteiger partial charge in [-0.25, -0.2) is 9.59 Å². The van der Waals surface area contributed by atoms with Crippen molar-refractivity contribution < 1.29 is 19.8 Å². The van der Waals surface area contributed by atoms with E-state index in [-0.39, 0.29) is 0 Å². The summed E-state index contributed by atoms with van der Waals surface area (Å²) in [5, 5.41) is 19.9. The molecule has 0 aromatic carbocycles. The Balaban J connectivity index is 2.42. The van der Waals surface area contributed by atoms with Gasteiger partial charge in [-0.15, -0.1) is 0 Å². The van der Waals surface area contributed by atoms with E-state index < -0.39 is 24.6 Å². The lowest BCUT2D eigenvalue weighted by molar-refractivity contribution is -0.140. The highest BCUT2D eigenvalue weighted by Gasteiger charge is 2.26. The van der Waals surface area contributed by atoms with Gasteiger partial charge in [0.25, 0.3) is 0 Å². The summed E-state index contributed by atoms with van der Waals surface area (Å²) in [6.45, 7) is 6.42. The van der Waals surface area contributed by atoms with E-state index >= 15 is 0 Å². The molecule has 0 spiro atoms. The van der Waals surface area contributed by atoms with Crippen molar-refractivity contribution in [1.82, 2.24) is 15.1 Å². The van der Waals surface area contributed by atoms with Gasteiger partial charge < -0.3 is 20.4 Å². The van der Waals surface area contributed by atoms with Crippen molar-refractivity contribution in [2.24, 2.45) is 0 Å². The minimum Gasteiger partial charge on any atom is -0.480 e. The quantitative estimate of drug-likeness (QED) is 0.631. The predicted octanol–water partition coefficient (Wildman–Crippen LogP) is -0.442. The van der Waals surface area contributed by atoms with E-state index in [1.807, 2.05) is 0 Å². The van der Waals surface area contributed by atoms with Gasteiger partial charge in [0.05, 0.1) is 6.61 Å². The fourth-order valence-corrected chi connectivity index (χ4v) is 2.05. The Morgan fingerprint density at radius 3 is 2.26 bits per heavy atom. The van der Waals surface area contributed by atoms with Gasteiger partial charge >= 0.3 is 12.0 Å². The molecule has 0 bridgehead atoms. The maximum absolute atomic E-state index is 11.8. The molecule has 0 saturated carbocycles. The number of carboxylic acids is 1. The van der Waals surface area contributed by atoms with Crippen LogP contribution in [-0.4, -0.2) is 76.9 Å². The summed E-state index contributed by atoms with van der Waals surface area (Å²) in [7, 11) is 0. The largest absolute Gasteiger partial charge is 0.480 e. The van der Waals surface area contributed by atoms with Crippen molar-refractivity contribution >= 4 is 12.0 Å². The van der Waals surface area contributed by atoms with Gasteiger partial charge in [0.15, 0.2) is 6.04 Å². The molecule has 2 atom stereocenters. The van der Waals surface area contributed by atoms with Crippen LogP contribution >= 0.6 is 0 Å². The first-order valence-corrected chi connectivity index (χ1v) is 6.62. The average molecular weight is 273 g/mol. The number of urea groups is 1. The van der Waals surface area contributed by atoms with E-state index in [9.17, 15) is 9.59 Å². The van der Waals surface area contributed by atoms with Crippen LogP contribution in [0, 0.1) is 0 Å². The number of aliphatic carboxylic acids is 1. The molecule has 2 unspecified atom stereocenters. The summed E-state index contributed by atoms with van der Waals surface area (Å²) in [5.41, 5.74) is 0. The summed E-state index contributed by atoms with van der Waals surface area (Å²) in [6, 6.07) is -1.17. The maximum atomic E-state index is 11.8. The standard InChI is InChI=1S/C12H23N3O4/c1-3-9(2)14-4-6-15(7-5-14)12(19)13-10(8-16)11(17)18/h9-10,16H,3-8H2,1-2H3,(H,13,19)(H,17,18). The lowest BCUT2D eigenvalue weighted by Gasteiger charge is -2.38. The van der Waals surface area contributed by atoms with Gasteiger partial charge in [0, 0.05) is 32.2 Å². The van der Waals surface area contributed by atoms with E-state index in [2.05, 4.69) is 24.1 Å². The summed E-state index contributed by atoms with van der Waals surface area (Å²) in [6.07, 6.45) is 1.07. The zero-order chi connectivity index (χ0) is 14.4. The highest BCUT2D eigenvalue weighted by Crippen LogP contribution is 2.08.